The Kier molecular flexibility index (Phi) is 3.85. The summed E-state index contributed by atoms with van der Waals surface area (Å²) in [6.07, 6.45) is 0.0833. The summed E-state index contributed by atoms with van der Waals surface area (Å²) < 4.78 is 0. The lowest BCUT2D eigenvalue weighted by atomic mass is 10.2. The average molecular weight is 206 g/mol. The summed E-state index contributed by atoms with van der Waals surface area (Å²) in [4.78, 5) is 20.3. The first-order chi connectivity index (χ1) is 7.08. The van der Waals surface area contributed by atoms with Gasteiger partial charge in [-0.25, -0.2) is 0 Å². The molecular weight excluding hydrogens is 192 g/mol. The third-order valence-corrected chi connectivity index (χ3v) is 1.92. The summed E-state index contributed by atoms with van der Waals surface area (Å²) in [5, 5.41) is 2.38. The average Bonchev–Trinajstić information content (AvgIpc) is 2.56. The van der Waals surface area contributed by atoms with Gasteiger partial charge in [0, 0.05) is 5.69 Å². The topological polar surface area (TPSA) is 72.2 Å². The van der Waals surface area contributed by atoms with Crippen LogP contribution in [0.4, 0.5) is 5.69 Å². The van der Waals surface area contributed by atoms with E-state index in [2.05, 4.69) is 5.32 Å². The third kappa shape index (κ3) is 4.26. The highest BCUT2D eigenvalue weighted by Crippen LogP contribution is 2.02. The number of nitrogens with two attached hydrogens (primary N) is 1. The van der Waals surface area contributed by atoms with Crippen LogP contribution in [-0.4, -0.2) is 18.2 Å². The third-order valence-electron chi connectivity index (χ3n) is 1.92. The van der Waals surface area contributed by atoms with Crippen LogP contribution in [0.25, 0.3) is 0 Å². The standard InChI is InChI=1S/C7H9N.C4H5NO2/c1-6-2-4-7(8)5-3-6;6-3-1-4(7)5-2-3/h2-5H,8H2,1H3;1-2H2,(H,5,7). The molecule has 0 unspecified atom stereocenters. The molecule has 80 valence electrons. The molecule has 1 fully saturated rings. The van der Waals surface area contributed by atoms with E-state index in [-0.39, 0.29) is 24.7 Å². The smallest absolute Gasteiger partial charge is 0.227 e. The molecule has 4 nitrogen and oxygen atoms in total. The summed E-state index contributed by atoms with van der Waals surface area (Å²) in [6.45, 7) is 2.28. The van der Waals surface area contributed by atoms with Crippen molar-refractivity contribution in [1.29, 1.82) is 0 Å². The molecule has 1 aliphatic heterocycles. The van der Waals surface area contributed by atoms with Gasteiger partial charge in [0.15, 0.2) is 5.78 Å². The quantitative estimate of drug-likeness (QED) is 0.483. The molecule has 0 aliphatic carbocycles. The number of hydrogen-bond acceptors (Lipinski definition) is 3. The van der Waals surface area contributed by atoms with Crippen molar-refractivity contribution in [3.63, 3.8) is 0 Å². The predicted octanol–water partition coefficient (Wildman–Crippen LogP) is 0.653. The van der Waals surface area contributed by atoms with Crippen LogP contribution in [0.1, 0.15) is 12.0 Å². The monoisotopic (exact) mass is 206 g/mol. The van der Waals surface area contributed by atoms with Crippen molar-refractivity contribution in [3.05, 3.63) is 29.8 Å². The van der Waals surface area contributed by atoms with Gasteiger partial charge < -0.3 is 11.1 Å². The van der Waals surface area contributed by atoms with Crippen molar-refractivity contribution >= 4 is 17.4 Å². The van der Waals surface area contributed by atoms with Gasteiger partial charge in [-0.15, -0.1) is 0 Å². The van der Waals surface area contributed by atoms with Crippen LogP contribution in [0.15, 0.2) is 24.3 Å². The lowest BCUT2D eigenvalue weighted by molar-refractivity contribution is -0.122. The van der Waals surface area contributed by atoms with Crippen LogP contribution in [0.2, 0.25) is 0 Å². The number of amides is 1. The van der Waals surface area contributed by atoms with E-state index in [9.17, 15) is 9.59 Å². The highest BCUT2D eigenvalue weighted by molar-refractivity contribution is 6.05. The van der Waals surface area contributed by atoms with E-state index in [1.165, 1.54) is 5.56 Å². The van der Waals surface area contributed by atoms with Crippen LogP contribution in [-0.2, 0) is 9.59 Å². The Labute approximate surface area is 88.5 Å². The minimum atomic E-state index is -0.148. The Bertz CT molecular complexity index is 322. The largest absolute Gasteiger partial charge is 0.399 e. The van der Waals surface area contributed by atoms with E-state index < -0.39 is 0 Å². The molecule has 4 heteroatoms. The van der Waals surface area contributed by atoms with Gasteiger partial charge >= 0.3 is 0 Å². The van der Waals surface area contributed by atoms with E-state index in [1.807, 2.05) is 31.2 Å². The Hall–Kier alpha value is -1.84. The number of carbonyl (C=O) groups is 2. The molecule has 1 aromatic rings. The van der Waals surface area contributed by atoms with Gasteiger partial charge in [-0.1, -0.05) is 17.7 Å². The van der Waals surface area contributed by atoms with Crippen LogP contribution in [0, 0.1) is 6.92 Å². The molecule has 1 amide bonds. The van der Waals surface area contributed by atoms with E-state index in [0.29, 0.717) is 0 Å². The first kappa shape index (κ1) is 11.2. The van der Waals surface area contributed by atoms with E-state index >= 15 is 0 Å². The zero-order valence-electron chi connectivity index (χ0n) is 8.62. The molecule has 0 saturated carbocycles. The maximum absolute atomic E-state index is 10.2. The van der Waals surface area contributed by atoms with E-state index in [4.69, 9.17) is 5.73 Å². The molecule has 3 N–H and O–H groups in total. The van der Waals surface area contributed by atoms with Gasteiger partial charge in [0.2, 0.25) is 5.91 Å². The van der Waals surface area contributed by atoms with E-state index in [0.717, 1.165) is 5.69 Å². The Morgan fingerprint density at radius 1 is 1.20 bits per heavy atom. The van der Waals surface area contributed by atoms with Crippen LogP contribution in [0.5, 0.6) is 0 Å². The minimum Gasteiger partial charge on any atom is -0.399 e. The number of Topliss-reactive ketones (excluding diaryl/α,β-unsaturated/α-hetero) is 1. The fourth-order valence-corrected chi connectivity index (χ4v) is 1.07. The van der Waals surface area contributed by atoms with Gasteiger partial charge in [0.1, 0.15) is 0 Å². The number of rotatable bonds is 0. The molecule has 1 saturated heterocycles. The van der Waals surface area contributed by atoms with Crippen molar-refractivity contribution < 1.29 is 9.59 Å². The van der Waals surface area contributed by atoms with Crippen LogP contribution >= 0.6 is 0 Å². The number of anilines is 1. The van der Waals surface area contributed by atoms with Gasteiger partial charge in [-0.2, -0.15) is 0 Å². The Morgan fingerprint density at radius 2 is 1.80 bits per heavy atom. The molecule has 0 bridgehead atoms. The molecule has 0 radical (unpaired) electrons. The van der Waals surface area contributed by atoms with Crippen molar-refractivity contribution in [2.45, 2.75) is 13.3 Å². The molecular formula is C11H14N2O2. The summed E-state index contributed by atoms with van der Waals surface area (Å²) in [6, 6.07) is 7.79. The second-order valence-electron chi connectivity index (χ2n) is 3.40. The number of nitrogen functional groups attached to an aromatic ring is 1. The zero-order chi connectivity index (χ0) is 11.3. The molecule has 1 heterocycles. The second kappa shape index (κ2) is 5.14. The maximum Gasteiger partial charge on any atom is 0.227 e. The summed E-state index contributed by atoms with van der Waals surface area (Å²) in [5.74, 6) is -0.157. The minimum absolute atomic E-state index is 0.00926. The molecule has 0 spiro atoms. The maximum atomic E-state index is 10.2. The number of carbonyl (C=O) groups excluding carboxylic acids is 2. The van der Waals surface area contributed by atoms with Gasteiger partial charge in [-0.05, 0) is 19.1 Å². The fraction of sp³-hybridized carbons (Fsp3) is 0.273. The van der Waals surface area contributed by atoms with Crippen molar-refractivity contribution in [3.8, 4) is 0 Å². The predicted molar refractivity (Wildman–Crippen MR) is 58.2 cm³/mol. The molecule has 0 atom stereocenters. The zero-order valence-corrected chi connectivity index (χ0v) is 8.62. The van der Waals surface area contributed by atoms with Crippen LogP contribution in [0.3, 0.4) is 0 Å². The van der Waals surface area contributed by atoms with Gasteiger partial charge in [-0.3, -0.25) is 9.59 Å². The highest BCUT2D eigenvalue weighted by atomic mass is 16.2. The van der Waals surface area contributed by atoms with Crippen molar-refractivity contribution in [2.24, 2.45) is 0 Å². The van der Waals surface area contributed by atoms with Crippen LogP contribution < -0.4 is 11.1 Å². The Balaban J connectivity index is 0.000000151. The summed E-state index contributed by atoms with van der Waals surface area (Å²) in [7, 11) is 0. The summed E-state index contributed by atoms with van der Waals surface area (Å²) >= 11 is 0. The normalized spacial score (nSPS) is 14.2. The number of nitrogens with one attached hydrogen (secondary N) is 1. The Morgan fingerprint density at radius 3 is 2.07 bits per heavy atom. The molecule has 2 rings (SSSR count). The van der Waals surface area contributed by atoms with Gasteiger partial charge in [0.25, 0.3) is 0 Å². The molecule has 0 aromatic heterocycles. The summed E-state index contributed by atoms with van der Waals surface area (Å²) in [5.41, 5.74) is 7.51. The number of benzene rings is 1. The highest BCUT2D eigenvalue weighted by Gasteiger charge is 2.16. The lowest BCUT2D eigenvalue weighted by Crippen LogP contribution is -2.13. The SMILES string of the molecule is Cc1ccc(N)cc1.O=C1CNC(=O)C1. The number of ketones is 1. The van der Waals surface area contributed by atoms with Crippen molar-refractivity contribution in [2.75, 3.05) is 12.3 Å². The number of hydrogen-bond donors (Lipinski definition) is 2. The number of aryl methyl sites for hydroxylation is 1. The second-order valence-corrected chi connectivity index (χ2v) is 3.40. The van der Waals surface area contributed by atoms with Gasteiger partial charge in [0.05, 0.1) is 13.0 Å². The first-order valence-electron chi connectivity index (χ1n) is 4.68. The molecule has 15 heavy (non-hydrogen) atoms. The fourth-order valence-electron chi connectivity index (χ4n) is 1.07. The van der Waals surface area contributed by atoms with Crippen molar-refractivity contribution in [1.82, 2.24) is 5.32 Å². The first-order valence-corrected chi connectivity index (χ1v) is 4.68. The molecule has 1 aromatic carbocycles. The van der Waals surface area contributed by atoms with E-state index in [1.54, 1.807) is 0 Å². The lowest BCUT2D eigenvalue weighted by Gasteiger charge is -1.90. The molecule has 1 aliphatic rings.